The molecular weight excluding hydrogens is 549 g/mol. The first-order chi connectivity index (χ1) is 20.8. The fourth-order valence-corrected chi connectivity index (χ4v) is 5.69. The highest BCUT2D eigenvalue weighted by molar-refractivity contribution is 5.89. The molecule has 0 unspecified atom stereocenters. The molecule has 1 aromatic carbocycles. The van der Waals surface area contributed by atoms with Gasteiger partial charge < -0.3 is 19.9 Å². The first kappa shape index (κ1) is 26.7. The van der Waals surface area contributed by atoms with Gasteiger partial charge in [0, 0.05) is 37.5 Å². The number of halogens is 1. The summed E-state index contributed by atoms with van der Waals surface area (Å²) in [6.45, 7) is 9.49. The van der Waals surface area contributed by atoms with Crippen molar-refractivity contribution in [1.82, 2.24) is 34.4 Å². The number of amides is 1. The number of pyridine rings is 2. The molecule has 1 amide bonds. The molecule has 1 saturated carbocycles. The van der Waals surface area contributed by atoms with Gasteiger partial charge in [0.25, 0.3) is 0 Å². The van der Waals surface area contributed by atoms with E-state index >= 15 is 4.39 Å². The van der Waals surface area contributed by atoms with Crippen molar-refractivity contribution in [2.45, 2.75) is 32.7 Å². The number of rotatable bonds is 7. The fraction of sp³-hybridized carbons (Fsp3) is 0.290. The van der Waals surface area contributed by atoms with Crippen LogP contribution >= 0.6 is 0 Å². The van der Waals surface area contributed by atoms with E-state index in [4.69, 9.17) is 9.72 Å². The van der Waals surface area contributed by atoms with Gasteiger partial charge in [-0.3, -0.25) is 4.79 Å². The molecule has 11 nitrogen and oxygen atoms in total. The van der Waals surface area contributed by atoms with Crippen molar-refractivity contribution in [3.05, 3.63) is 79.3 Å². The third-order valence-electron chi connectivity index (χ3n) is 8.54. The van der Waals surface area contributed by atoms with Crippen LogP contribution in [0, 0.1) is 18.2 Å². The highest BCUT2D eigenvalue weighted by atomic mass is 19.1. The average Bonchev–Trinajstić information content (AvgIpc) is 3.61. The maximum absolute atomic E-state index is 15.6. The lowest BCUT2D eigenvalue weighted by Crippen LogP contribution is -2.58. The quantitative estimate of drug-likeness (QED) is 0.265. The number of fused-ring (bicyclic) bond motifs is 2. The van der Waals surface area contributed by atoms with Crippen molar-refractivity contribution in [3.63, 3.8) is 0 Å². The van der Waals surface area contributed by atoms with Gasteiger partial charge in [-0.05, 0) is 61.6 Å². The summed E-state index contributed by atoms with van der Waals surface area (Å²) >= 11 is 0. The number of ether oxygens (including phenoxy) is 1. The van der Waals surface area contributed by atoms with Crippen molar-refractivity contribution < 1.29 is 13.9 Å². The molecule has 1 saturated heterocycles. The standard InChI is InChI=1S/C31H30FN9O2/c1-4-27(42)40-14-13-39(16-24(40)31(3)10-11-31)25-8-6-22-29(38-25)30(35-17-33-22)37-21-5-7-23(19(2)28(21)32)43-20-9-12-41-26(15-20)34-18-36-41/h4-9,12,15,17-18,24H,1,10-11,13-14,16H2,2-3H3,(H,33,35,37)/t24-/m1/s1. The summed E-state index contributed by atoms with van der Waals surface area (Å²) in [4.78, 5) is 34.6. The van der Waals surface area contributed by atoms with Crippen molar-refractivity contribution in [2.24, 2.45) is 5.41 Å². The van der Waals surface area contributed by atoms with E-state index in [0.29, 0.717) is 59.2 Å². The molecule has 5 heterocycles. The molecule has 1 atom stereocenters. The number of aromatic nitrogens is 6. The molecule has 7 rings (SSSR count). The Hall–Kier alpha value is -5.13. The van der Waals surface area contributed by atoms with Gasteiger partial charge >= 0.3 is 0 Å². The molecule has 0 spiro atoms. The van der Waals surface area contributed by atoms with E-state index in [0.717, 1.165) is 18.7 Å². The third kappa shape index (κ3) is 4.88. The SMILES string of the molecule is C=CC(=O)N1CCN(c2ccc3ncnc(Nc4ccc(Oc5ccn6ncnc6c5)c(C)c4F)c3n2)C[C@@H]1C1(C)CC1. The van der Waals surface area contributed by atoms with Crippen LogP contribution in [0.1, 0.15) is 25.3 Å². The molecule has 0 bridgehead atoms. The molecule has 218 valence electrons. The van der Waals surface area contributed by atoms with Crippen molar-refractivity contribution in [3.8, 4) is 11.5 Å². The van der Waals surface area contributed by atoms with Crippen LogP contribution in [0.3, 0.4) is 0 Å². The predicted molar refractivity (Wildman–Crippen MR) is 160 cm³/mol. The van der Waals surface area contributed by atoms with E-state index in [1.165, 1.54) is 18.7 Å². The van der Waals surface area contributed by atoms with Crippen LogP contribution in [-0.4, -0.2) is 66.0 Å². The minimum atomic E-state index is -0.465. The zero-order valence-electron chi connectivity index (χ0n) is 23.9. The van der Waals surface area contributed by atoms with Crippen LogP contribution in [0.25, 0.3) is 16.7 Å². The molecule has 1 N–H and O–H groups in total. The summed E-state index contributed by atoms with van der Waals surface area (Å²) in [5.74, 6) is 1.56. The number of hydrogen-bond acceptors (Lipinski definition) is 9. The highest BCUT2D eigenvalue weighted by Gasteiger charge is 2.50. The number of nitrogens with one attached hydrogen (secondary N) is 1. The number of hydrogen-bond donors (Lipinski definition) is 1. The number of carbonyl (C=O) groups excluding carboxylic acids is 1. The van der Waals surface area contributed by atoms with Crippen LogP contribution in [0.5, 0.6) is 11.5 Å². The minimum absolute atomic E-state index is 0.0331. The maximum Gasteiger partial charge on any atom is 0.246 e. The lowest BCUT2D eigenvalue weighted by atomic mass is 9.94. The summed E-state index contributed by atoms with van der Waals surface area (Å²) in [6.07, 6.45) is 8.19. The zero-order valence-corrected chi connectivity index (χ0v) is 23.9. The second-order valence-corrected chi connectivity index (χ2v) is 11.3. The molecule has 12 heteroatoms. The topological polar surface area (TPSA) is 114 Å². The van der Waals surface area contributed by atoms with Crippen LogP contribution in [-0.2, 0) is 4.79 Å². The Labute approximate surface area is 247 Å². The van der Waals surface area contributed by atoms with Crippen LogP contribution in [0.15, 0.2) is 67.9 Å². The normalized spacial score (nSPS) is 17.7. The zero-order chi connectivity index (χ0) is 29.7. The molecular formula is C31H30FN9O2. The second-order valence-electron chi connectivity index (χ2n) is 11.3. The molecule has 1 aliphatic carbocycles. The van der Waals surface area contributed by atoms with Gasteiger partial charge in [-0.15, -0.1) is 0 Å². The van der Waals surface area contributed by atoms with E-state index in [2.05, 4.69) is 43.8 Å². The Balaban J connectivity index is 1.15. The van der Waals surface area contributed by atoms with Gasteiger partial charge in [0.2, 0.25) is 5.91 Å². The second kappa shape index (κ2) is 10.3. The third-order valence-corrected chi connectivity index (χ3v) is 8.54. The number of nitrogens with zero attached hydrogens (tertiary/aromatic N) is 8. The molecule has 2 aliphatic rings. The van der Waals surface area contributed by atoms with Gasteiger partial charge in [-0.2, -0.15) is 5.10 Å². The Morgan fingerprint density at radius 1 is 1.14 bits per heavy atom. The Morgan fingerprint density at radius 2 is 2.00 bits per heavy atom. The first-order valence-corrected chi connectivity index (χ1v) is 14.2. The first-order valence-electron chi connectivity index (χ1n) is 14.2. The summed E-state index contributed by atoms with van der Waals surface area (Å²) in [7, 11) is 0. The molecule has 2 fully saturated rings. The van der Waals surface area contributed by atoms with Gasteiger partial charge in [0.05, 0.1) is 17.2 Å². The summed E-state index contributed by atoms with van der Waals surface area (Å²) in [5.41, 5.74) is 2.46. The fourth-order valence-electron chi connectivity index (χ4n) is 5.69. The smallest absolute Gasteiger partial charge is 0.246 e. The maximum atomic E-state index is 15.6. The predicted octanol–water partition coefficient (Wildman–Crippen LogP) is 5.05. The van der Waals surface area contributed by atoms with Crippen LogP contribution in [0.2, 0.25) is 0 Å². The molecule has 5 aromatic rings. The summed E-state index contributed by atoms with van der Waals surface area (Å²) in [6, 6.07) is 10.7. The monoisotopic (exact) mass is 579 g/mol. The molecule has 0 radical (unpaired) electrons. The summed E-state index contributed by atoms with van der Waals surface area (Å²) < 4.78 is 23.2. The van der Waals surface area contributed by atoms with Gasteiger partial charge in [-0.1, -0.05) is 13.5 Å². The number of carbonyl (C=O) groups is 1. The number of anilines is 3. The average molecular weight is 580 g/mol. The number of piperazine rings is 1. The Morgan fingerprint density at radius 3 is 2.81 bits per heavy atom. The summed E-state index contributed by atoms with van der Waals surface area (Å²) in [5, 5.41) is 7.20. The van der Waals surface area contributed by atoms with Crippen molar-refractivity contribution in [1.29, 1.82) is 0 Å². The van der Waals surface area contributed by atoms with Gasteiger partial charge in [-0.25, -0.2) is 28.8 Å². The van der Waals surface area contributed by atoms with Crippen molar-refractivity contribution >= 4 is 39.9 Å². The van der Waals surface area contributed by atoms with Crippen LogP contribution < -0.4 is 15.0 Å². The molecule has 43 heavy (non-hydrogen) atoms. The lowest BCUT2D eigenvalue weighted by molar-refractivity contribution is -0.130. The lowest BCUT2D eigenvalue weighted by Gasteiger charge is -2.44. The van der Waals surface area contributed by atoms with E-state index in [-0.39, 0.29) is 23.1 Å². The molecule has 1 aliphatic heterocycles. The largest absolute Gasteiger partial charge is 0.457 e. The van der Waals surface area contributed by atoms with E-state index in [9.17, 15) is 4.79 Å². The van der Waals surface area contributed by atoms with Gasteiger partial charge in [0.15, 0.2) is 17.3 Å². The van der Waals surface area contributed by atoms with E-state index in [1.807, 2.05) is 17.0 Å². The Bertz CT molecular complexity index is 1890. The van der Waals surface area contributed by atoms with E-state index in [1.54, 1.807) is 41.9 Å². The number of benzene rings is 1. The van der Waals surface area contributed by atoms with Crippen molar-refractivity contribution in [2.75, 3.05) is 29.9 Å². The Kier molecular flexibility index (Phi) is 6.41. The molecule has 4 aromatic heterocycles. The van der Waals surface area contributed by atoms with E-state index < -0.39 is 5.82 Å². The van der Waals surface area contributed by atoms with Crippen LogP contribution in [0.4, 0.5) is 21.7 Å². The minimum Gasteiger partial charge on any atom is -0.457 e. The van der Waals surface area contributed by atoms with Gasteiger partial charge in [0.1, 0.15) is 35.5 Å². The highest BCUT2D eigenvalue weighted by Crippen LogP contribution is 2.51.